The summed E-state index contributed by atoms with van der Waals surface area (Å²) in [5, 5.41) is 5.43. The van der Waals surface area contributed by atoms with Gasteiger partial charge in [0.25, 0.3) is 0 Å². The second kappa shape index (κ2) is 7.09. The number of nitrogens with one attached hydrogen (secondary N) is 2. The van der Waals surface area contributed by atoms with Crippen LogP contribution in [-0.4, -0.2) is 11.8 Å². The first-order valence-corrected chi connectivity index (χ1v) is 7.63. The van der Waals surface area contributed by atoms with Gasteiger partial charge in [-0.3, -0.25) is 9.59 Å². The zero-order valence-corrected chi connectivity index (χ0v) is 13.9. The smallest absolute Gasteiger partial charge is 0.313 e. The van der Waals surface area contributed by atoms with Crippen LogP contribution in [-0.2, 0) is 9.59 Å². The SMILES string of the molecule is Cc1cc(C)c(NC(=O)C(=O)N[C@H](C)c2ccccc2)c(C)c1. The summed E-state index contributed by atoms with van der Waals surface area (Å²) < 4.78 is 0. The van der Waals surface area contributed by atoms with Gasteiger partial charge in [-0.05, 0) is 44.4 Å². The van der Waals surface area contributed by atoms with Crippen molar-refractivity contribution in [2.45, 2.75) is 33.7 Å². The Kier molecular flexibility index (Phi) is 5.16. The minimum atomic E-state index is -0.650. The van der Waals surface area contributed by atoms with E-state index in [-0.39, 0.29) is 6.04 Å². The third-order valence-electron chi connectivity index (χ3n) is 3.77. The topological polar surface area (TPSA) is 58.2 Å². The van der Waals surface area contributed by atoms with Crippen LogP contribution in [0, 0.1) is 20.8 Å². The van der Waals surface area contributed by atoms with E-state index >= 15 is 0 Å². The molecular formula is C19H22N2O2. The maximum atomic E-state index is 12.1. The number of carbonyl (C=O) groups is 2. The number of hydrogen-bond donors (Lipinski definition) is 2. The number of carbonyl (C=O) groups excluding carboxylic acids is 2. The van der Waals surface area contributed by atoms with Crippen molar-refractivity contribution in [1.82, 2.24) is 5.32 Å². The molecule has 0 saturated heterocycles. The van der Waals surface area contributed by atoms with Gasteiger partial charge in [-0.25, -0.2) is 0 Å². The van der Waals surface area contributed by atoms with E-state index in [1.165, 1.54) is 0 Å². The van der Waals surface area contributed by atoms with E-state index < -0.39 is 11.8 Å². The fourth-order valence-corrected chi connectivity index (χ4v) is 2.63. The van der Waals surface area contributed by atoms with Crippen LogP contribution < -0.4 is 10.6 Å². The van der Waals surface area contributed by atoms with Crippen molar-refractivity contribution in [3.63, 3.8) is 0 Å². The highest BCUT2D eigenvalue weighted by Crippen LogP contribution is 2.21. The largest absolute Gasteiger partial charge is 0.341 e. The van der Waals surface area contributed by atoms with Gasteiger partial charge in [0.15, 0.2) is 0 Å². The molecule has 2 amide bonds. The fourth-order valence-electron chi connectivity index (χ4n) is 2.63. The third kappa shape index (κ3) is 4.19. The first-order chi connectivity index (χ1) is 10.9. The van der Waals surface area contributed by atoms with Gasteiger partial charge in [0.2, 0.25) is 0 Å². The molecule has 0 fully saturated rings. The van der Waals surface area contributed by atoms with E-state index in [9.17, 15) is 9.59 Å². The van der Waals surface area contributed by atoms with Crippen molar-refractivity contribution in [3.05, 3.63) is 64.7 Å². The lowest BCUT2D eigenvalue weighted by atomic mass is 10.1. The molecule has 0 aliphatic heterocycles. The van der Waals surface area contributed by atoms with Gasteiger partial charge >= 0.3 is 11.8 Å². The molecule has 0 heterocycles. The number of amides is 2. The van der Waals surface area contributed by atoms with E-state index in [0.717, 1.165) is 22.3 Å². The molecule has 1 atom stereocenters. The standard InChI is InChI=1S/C19H22N2O2/c1-12-10-13(2)17(14(3)11-12)21-19(23)18(22)20-15(4)16-8-6-5-7-9-16/h5-11,15H,1-4H3,(H,20,22)(H,21,23)/t15-/m1/s1. The number of aryl methyl sites for hydroxylation is 3. The van der Waals surface area contributed by atoms with Gasteiger partial charge in [-0.1, -0.05) is 48.0 Å². The summed E-state index contributed by atoms with van der Waals surface area (Å²) in [5.41, 5.74) is 4.67. The lowest BCUT2D eigenvalue weighted by Crippen LogP contribution is -2.37. The van der Waals surface area contributed by atoms with Crippen LogP contribution in [0.25, 0.3) is 0 Å². The lowest BCUT2D eigenvalue weighted by Gasteiger charge is -2.16. The molecule has 0 bridgehead atoms. The van der Waals surface area contributed by atoms with Gasteiger partial charge < -0.3 is 10.6 Å². The lowest BCUT2D eigenvalue weighted by molar-refractivity contribution is -0.136. The van der Waals surface area contributed by atoms with Gasteiger partial charge in [0.05, 0.1) is 6.04 Å². The summed E-state index contributed by atoms with van der Waals surface area (Å²) in [5.74, 6) is -1.29. The summed E-state index contributed by atoms with van der Waals surface area (Å²) in [7, 11) is 0. The zero-order valence-electron chi connectivity index (χ0n) is 13.9. The summed E-state index contributed by atoms with van der Waals surface area (Å²) >= 11 is 0. The Morgan fingerprint density at radius 1 is 0.913 bits per heavy atom. The minimum Gasteiger partial charge on any atom is -0.341 e. The first kappa shape index (κ1) is 16.7. The number of benzene rings is 2. The average Bonchev–Trinajstić information content (AvgIpc) is 2.51. The average molecular weight is 310 g/mol. The van der Waals surface area contributed by atoms with Crippen LogP contribution in [0.3, 0.4) is 0 Å². The molecule has 0 saturated carbocycles. The number of hydrogen-bond acceptors (Lipinski definition) is 2. The van der Waals surface area contributed by atoms with Gasteiger partial charge in [0.1, 0.15) is 0 Å². The maximum Gasteiger partial charge on any atom is 0.313 e. The Morgan fingerprint density at radius 2 is 1.48 bits per heavy atom. The normalized spacial score (nSPS) is 11.7. The molecule has 2 aromatic rings. The van der Waals surface area contributed by atoms with E-state index in [1.807, 2.05) is 70.2 Å². The zero-order chi connectivity index (χ0) is 17.0. The molecule has 4 heteroatoms. The minimum absolute atomic E-state index is 0.227. The summed E-state index contributed by atoms with van der Waals surface area (Å²) in [4.78, 5) is 24.2. The molecule has 0 unspecified atom stereocenters. The van der Waals surface area contributed by atoms with Crippen molar-refractivity contribution in [2.24, 2.45) is 0 Å². The molecular weight excluding hydrogens is 288 g/mol. The van der Waals surface area contributed by atoms with Gasteiger partial charge in [-0.15, -0.1) is 0 Å². The van der Waals surface area contributed by atoms with Crippen LogP contribution in [0.4, 0.5) is 5.69 Å². The number of rotatable bonds is 3. The molecule has 0 spiro atoms. The van der Waals surface area contributed by atoms with E-state index in [0.29, 0.717) is 5.69 Å². The molecule has 120 valence electrons. The Morgan fingerprint density at radius 3 is 2.04 bits per heavy atom. The van der Waals surface area contributed by atoms with E-state index in [4.69, 9.17) is 0 Å². The molecule has 2 rings (SSSR count). The van der Waals surface area contributed by atoms with Crippen molar-refractivity contribution in [1.29, 1.82) is 0 Å². The van der Waals surface area contributed by atoms with Crippen LogP contribution in [0.2, 0.25) is 0 Å². The summed E-state index contributed by atoms with van der Waals surface area (Å²) in [6.07, 6.45) is 0. The van der Waals surface area contributed by atoms with Crippen molar-refractivity contribution >= 4 is 17.5 Å². The quantitative estimate of drug-likeness (QED) is 0.853. The first-order valence-electron chi connectivity index (χ1n) is 7.63. The number of anilines is 1. The van der Waals surface area contributed by atoms with E-state index in [1.54, 1.807) is 0 Å². The molecule has 0 aromatic heterocycles. The summed E-state index contributed by atoms with van der Waals surface area (Å²) in [6.45, 7) is 7.68. The molecule has 23 heavy (non-hydrogen) atoms. The highest BCUT2D eigenvalue weighted by Gasteiger charge is 2.18. The molecule has 2 N–H and O–H groups in total. The monoisotopic (exact) mass is 310 g/mol. The van der Waals surface area contributed by atoms with Crippen molar-refractivity contribution in [2.75, 3.05) is 5.32 Å². The van der Waals surface area contributed by atoms with Crippen molar-refractivity contribution < 1.29 is 9.59 Å². The van der Waals surface area contributed by atoms with Crippen LogP contribution in [0.1, 0.15) is 35.2 Å². The highest BCUT2D eigenvalue weighted by atomic mass is 16.2. The van der Waals surface area contributed by atoms with Crippen LogP contribution in [0.5, 0.6) is 0 Å². The molecule has 0 aliphatic carbocycles. The molecule has 0 aliphatic rings. The van der Waals surface area contributed by atoms with Gasteiger partial charge in [0, 0.05) is 5.69 Å². The summed E-state index contributed by atoms with van der Waals surface area (Å²) in [6, 6.07) is 13.3. The molecule has 0 radical (unpaired) electrons. The van der Waals surface area contributed by atoms with Gasteiger partial charge in [-0.2, -0.15) is 0 Å². The Bertz CT molecular complexity index is 700. The van der Waals surface area contributed by atoms with E-state index in [2.05, 4.69) is 10.6 Å². The second-order valence-electron chi connectivity index (χ2n) is 5.83. The fraction of sp³-hybridized carbons (Fsp3) is 0.263. The second-order valence-corrected chi connectivity index (χ2v) is 5.83. The highest BCUT2D eigenvalue weighted by molar-refractivity contribution is 6.39. The Hall–Kier alpha value is -2.62. The predicted octanol–water partition coefficient (Wildman–Crippen LogP) is 3.43. The third-order valence-corrected chi connectivity index (χ3v) is 3.77. The Balaban J connectivity index is 2.05. The predicted molar refractivity (Wildman–Crippen MR) is 92.3 cm³/mol. The maximum absolute atomic E-state index is 12.1. The Labute approximate surface area is 136 Å². The van der Waals surface area contributed by atoms with Crippen LogP contribution >= 0.6 is 0 Å². The van der Waals surface area contributed by atoms with Crippen LogP contribution in [0.15, 0.2) is 42.5 Å². The van der Waals surface area contributed by atoms with Crippen molar-refractivity contribution in [3.8, 4) is 0 Å². The molecule has 2 aromatic carbocycles. The molecule has 4 nitrogen and oxygen atoms in total.